The molecule has 0 amide bonds. The zero-order chi connectivity index (χ0) is 15.2. The molecule has 0 aliphatic rings. The highest BCUT2D eigenvalue weighted by molar-refractivity contribution is 6.31. The fourth-order valence-corrected chi connectivity index (χ4v) is 2.26. The number of rotatable bonds is 6. The van der Waals surface area contributed by atoms with Gasteiger partial charge in [-0.15, -0.1) is 0 Å². The normalized spacial score (nSPS) is 12.2. The fourth-order valence-electron chi connectivity index (χ4n) is 2.02. The molecule has 112 valence electrons. The van der Waals surface area contributed by atoms with Crippen molar-refractivity contribution < 1.29 is 14.2 Å². The van der Waals surface area contributed by atoms with Crippen LogP contribution in [-0.4, -0.2) is 11.7 Å². The van der Waals surface area contributed by atoms with E-state index in [4.69, 9.17) is 16.3 Å². The van der Waals surface area contributed by atoms with Gasteiger partial charge in [-0.2, -0.15) is 0 Å². The molecule has 0 bridgehead atoms. The molecule has 0 fully saturated rings. The maximum atomic E-state index is 13.0. The van der Waals surface area contributed by atoms with Gasteiger partial charge in [0, 0.05) is 11.4 Å². The van der Waals surface area contributed by atoms with Crippen molar-refractivity contribution in [2.24, 2.45) is 0 Å². The first kappa shape index (κ1) is 15.8. The third-order valence-electron chi connectivity index (χ3n) is 3.17. The Kier molecular flexibility index (Phi) is 5.59. The van der Waals surface area contributed by atoms with Crippen molar-refractivity contribution >= 4 is 11.6 Å². The van der Waals surface area contributed by atoms with E-state index in [1.165, 1.54) is 12.1 Å². The van der Waals surface area contributed by atoms with E-state index in [1.807, 2.05) is 31.2 Å². The van der Waals surface area contributed by atoms with Gasteiger partial charge in [0.25, 0.3) is 0 Å². The van der Waals surface area contributed by atoms with Crippen molar-refractivity contribution in [1.29, 1.82) is 0 Å². The molecule has 2 aromatic rings. The van der Waals surface area contributed by atoms with Crippen LogP contribution in [0.1, 0.15) is 30.6 Å². The summed E-state index contributed by atoms with van der Waals surface area (Å²) in [7, 11) is 0. The van der Waals surface area contributed by atoms with E-state index in [9.17, 15) is 9.50 Å². The lowest BCUT2D eigenvalue weighted by Crippen LogP contribution is -2.03. The largest absolute Gasteiger partial charge is 0.494 e. The van der Waals surface area contributed by atoms with E-state index in [-0.39, 0.29) is 5.82 Å². The minimum atomic E-state index is -0.687. The minimum absolute atomic E-state index is 0.331. The van der Waals surface area contributed by atoms with E-state index in [0.717, 1.165) is 23.3 Å². The van der Waals surface area contributed by atoms with Gasteiger partial charge >= 0.3 is 0 Å². The first-order valence-electron chi connectivity index (χ1n) is 6.95. The zero-order valence-electron chi connectivity index (χ0n) is 11.9. The third kappa shape index (κ3) is 4.45. The molecule has 0 aromatic heterocycles. The number of hydrogen-bond acceptors (Lipinski definition) is 2. The molecule has 0 aliphatic heterocycles. The smallest absolute Gasteiger partial charge is 0.124 e. The lowest BCUT2D eigenvalue weighted by atomic mass is 10.0. The number of hydrogen-bond donors (Lipinski definition) is 1. The highest BCUT2D eigenvalue weighted by Crippen LogP contribution is 2.25. The molecule has 0 aliphatic carbocycles. The second-order valence-electron chi connectivity index (χ2n) is 4.87. The van der Waals surface area contributed by atoms with Gasteiger partial charge in [0.15, 0.2) is 0 Å². The summed E-state index contributed by atoms with van der Waals surface area (Å²) < 4.78 is 18.5. The predicted molar refractivity (Wildman–Crippen MR) is 82.3 cm³/mol. The third-order valence-corrected chi connectivity index (χ3v) is 3.52. The van der Waals surface area contributed by atoms with Crippen LogP contribution in [0.5, 0.6) is 5.75 Å². The Morgan fingerprint density at radius 2 is 1.90 bits per heavy atom. The molecule has 1 N–H and O–H groups in total. The molecule has 2 aromatic carbocycles. The molecule has 1 atom stereocenters. The van der Waals surface area contributed by atoms with E-state index in [0.29, 0.717) is 18.1 Å². The Hall–Kier alpha value is -1.58. The minimum Gasteiger partial charge on any atom is -0.494 e. The molecule has 0 saturated heterocycles. The monoisotopic (exact) mass is 308 g/mol. The quantitative estimate of drug-likeness (QED) is 0.848. The maximum Gasteiger partial charge on any atom is 0.124 e. The summed E-state index contributed by atoms with van der Waals surface area (Å²) in [5, 5.41) is 10.6. The lowest BCUT2D eigenvalue weighted by Gasteiger charge is -2.13. The van der Waals surface area contributed by atoms with Crippen molar-refractivity contribution in [3.05, 3.63) is 64.4 Å². The van der Waals surface area contributed by atoms with Crippen LogP contribution in [0.4, 0.5) is 4.39 Å². The molecule has 2 nitrogen and oxygen atoms in total. The van der Waals surface area contributed by atoms with Crippen molar-refractivity contribution in [3.63, 3.8) is 0 Å². The van der Waals surface area contributed by atoms with Crippen molar-refractivity contribution in [2.75, 3.05) is 6.61 Å². The molecule has 4 heteroatoms. The van der Waals surface area contributed by atoms with Crippen LogP contribution in [0.2, 0.25) is 5.02 Å². The average Bonchev–Trinajstić information content (AvgIpc) is 2.48. The van der Waals surface area contributed by atoms with Gasteiger partial charge in [0.2, 0.25) is 0 Å². The summed E-state index contributed by atoms with van der Waals surface area (Å²) in [4.78, 5) is 0. The predicted octanol–water partition coefficient (Wildman–Crippen LogP) is 4.54. The van der Waals surface area contributed by atoms with Crippen molar-refractivity contribution in [2.45, 2.75) is 25.9 Å². The standard InChI is InChI=1S/C17H18ClFO2/c1-2-9-21-15-7-4-12(5-8-15)17(20)10-13-3-6-14(19)11-16(13)18/h3-8,11,17,20H,2,9-10H2,1H3. The number of aliphatic hydroxyl groups excluding tert-OH is 1. The lowest BCUT2D eigenvalue weighted by molar-refractivity contribution is 0.178. The van der Waals surface area contributed by atoms with Crippen molar-refractivity contribution in [1.82, 2.24) is 0 Å². The van der Waals surface area contributed by atoms with Gasteiger partial charge in [0.05, 0.1) is 12.7 Å². The second-order valence-corrected chi connectivity index (χ2v) is 5.28. The van der Waals surface area contributed by atoms with Gasteiger partial charge in [-0.05, 0) is 41.8 Å². The highest BCUT2D eigenvalue weighted by Gasteiger charge is 2.11. The Balaban J connectivity index is 2.04. The second kappa shape index (κ2) is 7.43. The van der Waals surface area contributed by atoms with Crippen LogP contribution in [0.3, 0.4) is 0 Å². The van der Waals surface area contributed by atoms with E-state index < -0.39 is 6.10 Å². The average molecular weight is 309 g/mol. The number of halogens is 2. The summed E-state index contributed by atoms with van der Waals surface area (Å²) in [5.41, 5.74) is 1.50. The van der Waals surface area contributed by atoms with Gasteiger partial charge in [-0.3, -0.25) is 0 Å². The number of benzene rings is 2. The van der Waals surface area contributed by atoms with E-state index >= 15 is 0 Å². The zero-order valence-corrected chi connectivity index (χ0v) is 12.6. The van der Waals surface area contributed by atoms with Gasteiger partial charge < -0.3 is 9.84 Å². The Morgan fingerprint density at radius 3 is 2.52 bits per heavy atom. The Morgan fingerprint density at radius 1 is 1.19 bits per heavy atom. The summed E-state index contributed by atoms with van der Waals surface area (Å²) in [6.07, 6.45) is 0.607. The summed E-state index contributed by atoms with van der Waals surface area (Å²) in [6.45, 7) is 2.72. The van der Waals surface area contributed by atoms with Crippen LogP contribution in [-0.2, 0) is 6.42 Å². The Bertz CT molecular complexity index is 584. The topological polar surface area (TPSA) is 29.5 Å². The molecule has 21 heavy (non-hydrogen) atoms. The van der Waals surface area contributed by atoms with Crippen LogP contribution < -0.4 is 4.74 Å². The van der Waals surface area contributed by atoms with E-state index in [1.54, 1.807) is 6.07 Å². The molecule has 1 unspecified atom stereocenters. The fraction of sp³-hybridized carbons (Fsp3) is 0.294. The number of aliphatic hydroxyl groups is 1. The van der Waals surface area contributed by atoms with Gasteiger partial charge in [0.1, 0.15) is 11.6 Å². The molecule has 0 spiro atoms. The molecule has 0 saturated carbocycles. The van der Waals surface area contributed by atoms with E-state index in [2.05, 4.69) is 0 Å². The maximum absolute atomic E-state index is 13.0. The van der Waals surface area contributed by atoms with Crippen LogP contribution in [0.25, 0.3) is 0 Å². The summed E-state index contributed by atoms with van der Waals surface area (Å²) >= 11 is 5.97. The van der Waals surface area contributed by atoms with Gasteiger partial charge in [-0.25, -0.2) is 4.39 Å². The molecule has 0 heterocycles. The van der Waals surface area contributed by atoms with Crippen LogP contribution in [0, 0.1) is 5.82 Å². The summed E-state index contributed by atoms with van der Waals surface area (Å²) in [6, 6.07) is 11.5. The van der Waals surface area contributed by atoms with Gasteiger partial charge in [-0.1, -0.05) is 36.7 Å². The van der Waals surface area contributed by atoms with Crippen LogP contribution in [0.15, 0.2) is 42.5 Å². The first-order chi connectivity index (χ1) is 10.1. The highest BCUT2D eigenvalue weighted by atomic mass is 35.5. The molecular weight excluding hydrogens is 291 g/mol. The van der Waals surface area contributed by atoms with Crippen molar-refractivity contribution in [3.8, 4) is 5.75 Å². The number of ether oxygens (including phenoxy) is 1. The molecular formula is C17H18ClFO2. The van der Waals surface area contributed by atoms with Crippen LogP contribution >= 0.6 is 11.6 Å². The Labute approximate surface area is 129 Å². The molecule has 2 rings (SSSR count). The SMILES string of the molecule is CCCOc1ccc(C(O)Cc2ccc(F)cc2Cl)cc1. The first-order valence-corrected chi connectivity index (χ1v) is 7.32. The summed E-state index contributed by atoms with van der Waals surface area (Å²) in [5.74, 6) is 0.406. The molecule has 0 radical (unpaired) electrons.